The Morgan fingerprint density at radius 2 is 2.16 bits per heavy atom. The van der Waals surface area contributed by atoms with E-state index < -0.39 is 0 Å². The van der Waals surface area contributed by atoms with Gasteiger partial charge in [0.1, 0.15) is 17.3 Å². The van der Waals surface area contributed by atoms with Crippen LogP contribution in [0.2, 0.25) is 0 Å². The summed E-state index contributed by atoms with van der Waals surface area (Å²) < 4.78 is 19.9. The van der Waals surface area contributed by atoms with E-state index in [-0.39, 0.29) is 11.7 Å². The molecule has 19 heavy (non-hydrogen) atoms. The predicted octanol–water partition coefficient (Wildman–Crippen LogP) is 2.87. The number of halogens is 1. The van der Waals surface area contributed by atoms with Gasteiger partial charge in [-0.15, -0.1) is 0 Å². The van der Waals surface area contributed by atoms with Crippen molar-refractivity contribution in [2.45, 2.75) is 12.3 Å². The SMILES string of the molecule is CNC[C@@H]1Cc2ncccc2Oc2cccc(F)c21. The molecule has 2 aromatic rings. The van der Waals surface area contributed by atoms with Crippen LogP contribution in [0.4, 0.5) is 4.39 Å². The van der Waals surface area contributed by atoms with Crippen LogP contribution in [0.15, 0.2) is 36.5 Å². The van der Waals surface area contributed by atoms with Crippen LogP contribution >= 0.6 is 0 Å². The van der Waals surface area contributed by atoms with Crippen LogP contribution in [0.3, 0.4) is 0 Å². The Bertz CT molecular complexity index is 600. The van der Waals surface area contributed by atoms with Crippen molar-refractivity contribution in [2.24, 2.45) is 0 Å². The van der Waals surface area contributed by atoms with E-state index in [1.807, 2.05) is 25.2 Å². The highest BCUT2D eigenvalue weighted by atomic mass is 19.1. The molecule has 0 aliphatic carbocycles. The van der Waals surface area contributed by atoms with E-state index in [1.165, 1.54) is 6.07 Å². The average Bonchev–Trinajstić information content (AvgIpc) is 2.56. The monoisotopic (exact) mass is 258 g/mol. The van der Waals surface area contributed by atoms with Gasteiger partial charge in [-0.1, -0.05) is 6.07 Å². The fourth-order valence-electron chi connectivity index (χ4n) is 2.55. The summed E-state index contributed by atoms with van der Waals surface area (Å²) in [6.45, 7) is 0.688. The molecule has 1 aliphatic rings. The van der Waals surface area contributed by atoms with Gasteiger partial charge in [0.15, 0.2) is 0 Å². The third kappa shape index (κ3) is 2.19. The van der Waals surface area contributed by atoms with Crippen molar-refractivity contribution >= 4 is 0 Å². The number of nitrogens with zero attached hydrogens (tertiary/aromatic N) is 1. The molecular weight excluding hydrogens is 243 g/mol. The van der Waals surface area contributed by atoms with Crippen LogP contribution in [0.1, 0.15) is 17.2 Å². The van der Waals surface area contributed by atoms with Gasteiger partial charge in [0.25, 0.3) is 0 Å². The second-order valence-electron chi connectivity index (χ2n) is 4.66. The van der Waals surface area contributed by atoms with E-state index in [0.717, 1.165) is 5.69 Å². The molecule has 0 saturated carbocycles. The molecule has 0 amide bonds. The lowest BCUT2D eigenvalue weighted by atomic mass is 9.93. The highest BCUT2D eigenvalue weighted by molar-refractivity contribution is 5.45. The van der Waals surface area contributed by atoms with Gasteiger partial charge < -0.3 is 10.1 Å². The van der Waals surface area contributed by atoms with Crippen molar-refractivity contribution in [1.82, 2.24) is 10.3 Å². The molecule has 98 valence electrons. The first-order valence-electron chi connectivity index (χ1n) is 6.34. The molecule has 2 heterocycles. The Morgan fingerprint density at radius 1 is 1.32 bits per heavy atom. The van der Waals surface area contributed by atoms with Gasteiger partial charge in [-0.3, -0.25) is 4.98 Å². The zero-order chi connectivity index (χ0) is 13.2. The minimum absolute atomic E-state index is 0.0253. The van der Waals surface area contributed by atoms with E-state index in [2.05, 4.69) is 10.3 Å². The number of ether oxygens (including phenoxy) is 1. The third-order valence-electron chi connectivity index (χ3n) is 3.38. The molecule has 1 aromatic heterocycles. The highest BCUT2D eigenvalue weighted by Gasteiger charge is 2.26. The first-order chi connectivity index (χ1) is 9.29. The average molecular weight is 258 g/mol. The maximum atomic E-state index is 14.1. The van der Waals surface area contributed by atoms with Crippen molar-refractivity contribution < 1.29 is 9.13 Å². The quantitative estimate of drug-likeness (QED) is 0.899. The molecule has 1 N–H and O–H groups in total. The zero-order valence-electron chi connectivity index (χ0n) is 10.7. The van der Waals surface area contributed by atoms with E-state index in [9.17, 15) is 4.39 Å². The largest absolute Gasteiger partial charge is 0.455 e. The van der Waals surface area contributed by atoms with Gasteiger partial charge in [0.05, 0.1) is 5.69 Å². The summed E-state index contributed by atoms with van der Waals surface area (Å²) in [5, 5.41) is 3.11. The number of hydrogen-bond donors (Lipinski definition) is 1. The summed E-state index contributed by atoms with van der Waals surface area (Å²) >= 11 is 0. The van der Waals surface area contributed by atoms with Crippen LogP contribution in [0.5, 0.6) is 11.5 Å². The summed E-state index contributed by atoms with van der Waals surface area (Å²) in [4.78, 5) is 4.35. The van der Waals surface area contributed by atoms with E-state index in [4.69, 9.17) is 4.74 Å². The molecule has 0 spiro atoms. The van der Waals surface area contributed by atoms with Gasteiger partial charge in [-0.25, -0.2) is 4.39 Å². The summed E-state index contributed by atoms with van der Waals surface area (Å²) in [7, 11) is 1.87. The van der Waals surface area contributed by atoms with E-state index >= 15 is 0 Å². The van der Waals surface area contributed by atoms with Gasteiger partial charge >= 0.3 is 0 Å². The minimum Gasteiger partial charge on any atom is -0.455 e. The molecule has 0 fully saturated rings. The number of likely N-dealkylation sites (N-methyl/N-ethyl adjacent to an activating group) is 1. The van der Waals surface area contributed by atoms with Gasteiger partial charge in [0, 0.05) is 30.6 Å². The molecule has 0 bridgehead atoms. The number of benzene rings is 1. The van der Waals surface area contributed by atoms with E-state index in [0.29, 0.717) is 30.0 Å². The molecular formula is C15H15FN2O. The van der Waals surface area contributed by atoms with Crippen molar-refractivity contribution in [3.8, 4) is 11.5 Å². The molecule has 3 rings (SSSR count). The second-order valence-corrected chi connectivity index (χ2v) is 4.66. The lowest BCUT2D eigenvalue weighted by Gasteiger charge is -2.16. The third-order valence-corrected chi connectivity index (χ3v) is 3.38. The van der Waals surface area contributed by atoms with Crippen LogP contribution < -0.4 is 10.1 Å². The standard InChI is InChI=1S/C15H15FN2O/c1-17-9-10-8-12-13(6-3-7-18-12)19-14-5-2-4-11(16)15(10)14/h2-7,10,17H,8-9H2,1H3/t10-/m0/s1. The minimum atomic E-state index is -0.217. The topological polar surface area (TPSA) is 34.2 Å². The van der Waals surface area contributed by atoms with Gasteiger partial charge in [-0.2, -0.15) is 0 Å². The zero-order valence-corrected chi connectivity index (χ0v) is 10.7. The van der Waals surface area contributed by atoms with Crippen LogP contribution in [0, 0.1) is 5.82 Å². The summed E-state index contributed by atoms with van der Waals surface area (Å²) in [5.41, 5.74) is 1.51. The first kappa shape index (κ1) is 12.1. The predicted molar refractivity (Wildman–Crippen MR) is 71.1 cm³/mol. The fourth-order valence-corrected chi connectivity index (χ4v) is 2.55. The molecule has 1 atom stereocenters. The van der Waals surface area contributed by atoms with Crippen molar-refractivity contribution in [3.05, 3.63) is 53.6 Å². The van der Waals surface area contributed by atoms with E-state index in [1.54, 1.807) is 12.3 Å². The number of nitrogens with one attached hydrogen (secondary N) is 1. The molecule has 4 heteroatoms. The van der Waals surface area contributed by atoms with Gasteiger partial charge in [-0.05, 0) is 31.3 Å². The Kier molecular flexibility index (Phi) is 3.17. The lowest BCUT2D eigenvalue weighted by molar-refractivity contribution is 0.466. The number of rotatable bonds is 2. The number of aromatic nitrogens is 1. The normalized spacial score (nSPS) is 17.1. The molecule has 0 radical (unpaired) electrons. The smallest absolute Gasteiger partial charge is 0.148 e. The molecule has 1 aliphatic heterocycles. The van der Waals surface area contributed by atoms with Crippen LogP contribution in [-0.2, 0) is 6.42 Å². The lowest BCUT2D eigenvalue weighted by Crippen LogP contribution is -2.20. The van der Waals surface area contributed by atoms with Crippen molar-refractivity contribution in [1.29, 1.82) is 0 Å². The molecule has 0 unspecified atom stereocenters. The first-order valence-corrected chi connectivity index (χ1v) is 6.34. The Labute approximate surface area is 111 Å². The molecule has 3 nitrogen and oxygen atoms in total. The Morgan fingerprint density at radius 3 is 3.00 bits per heavy atom. The Hall–Kier alpha value is -1.94. The molecule has 1 aromatic carbocycles. The highest BCUT2D eigenvalue weighted by Crippen LogP contribution is 2.39. The maximum Gasteiger partial charge on any atom is 0.148 e. The summed E-state index contributed by atoms with van der Waals surface area (Å²) in [5.74, 6) is 1.11. The Balaban J connectivity index is 2.13. The van der Waals surface area contributed by atoms with Crippen molar-refractivity contribution in [3.63, 3.8) is 0 Å². The fraction of sp³-hybridized carbons (Fsp3) is 0.267. The maximum absolute atomic E-state index is 14.1. The second kappa shape index (κ2) is 4.97. The van der Waals surface area contributed by atoms with Crippen LogP contribution in [0.25, 0.3) is 0 Å². The van der Waals surface area contributed by atoms with Gasteiger partial charge in [0.2, 0.25) is 0 Å². The molecule has 0 saturated heterocycles. The van der Waals surface area contributed by atoms with Crippen LogP contribution in [-0.4, -0.2) is 18.6 Å². The number of hydrogen-bond acceptors (Lipinski definition) is 3. The summed E-state index contributed by atoms with van der Waals surface area (Å²) in [6.07, 6.45) is 2.41. The number of fused-ring (bicyclic) bond motifs is 2. The number of pyridine rings is 1. The summed E-state index contributed by atoms with van der Waals surface area (Å²) in [6, 6.07) is 8.67. The van der Waals surface area contributed by atoms with Crippen molar-refractivity contribution in [2.75, 3.05) is 13.6 Å².